The van der Waals surface area contributed by atoms with Crippen molar-refractivity contribution < 1.29 is 9.59 Å². The Morgan fingerprint density at radius 1 is 1.38 bits per heavy atom. The van der Waals surface area contributed by atoms with Crippen molar-refractivity contribution in [1.29, 1.82) is 0 Å². The van der Waals surface area contributed by atoms with Crippen LogP contribution < -0.4 is 16.4 Å². The molecule has 6 nitrogen and oxygen atoms in total. The lowest BCUT2D eigenvalue weighted by Crippen LogP contribution is -2.21. The number of carbonyl (C=O) groups excluding carboxylic acids is 2. The molecule has 0 atom stereocenters. The van der Waals surface area contributed by atoms with Crippen LogP contribution in [0.3, 0.4) is 0 Å². The maximum atomic E-state index is 11.6. The van der Waals surface area contributed by atoms with Crippen molar-refractivity contribution in [2.75, 3.05) is 17.7 Å². The minimum atomic E-state index is -0.640. The lowest BCUT2D eigenvalue weighted by molar-refractivity contribution is 0.100. The first-order chi connectivity index (χ1) is 9.91. The van der Waals surface area contributed by atoms with Gasteiger partial charge in [-0.25, -0.2) is 0 Å². The van der Waals surface area contributed by atoms with Crippen molar-refractivity contribution in [3.05, 3.63) is 40.5 Å². The Labute approximate surface area is 126 Å². The van der Waals surface area contributed by atoms with Gasteiger partial charge in [0.05, 0.1) is 28.4 Å². The quantitative estimate of drug-likeness (QED) is 0.818. The van der Waals surface area contributed by atoms with E-state index >= 15 is 0 Å². The normalized spacial score (nSPS) is 10.4. The molecule has 0 aliphatic carbocycles. The lowest BCUT2D eigenvalue weighted by Gasteiger charge is -2.18. The summed E-state index contributed by atoms with van der Waals surface area (Å²) in [5.74, 6) is -0.823. The van der Waals surface area contributed by atoms with Gasteiger partial charge >= 0.3 is 0 Å². The van der Waals surface area contributed by atoms with Crippen LogP contribution in [0.15, 0.2) is 24.4 Å². The largest absolute Gasteiger partial charge is 0.397 e. The second kappa shape index (κ2) is 5.92. The molecule has 0 unspecified atom stereocenters. The molecule has 2 rings (SSSR count). The number of primary amides is 1. The fourth-order valence-corrected chi connectivity index (χ4v) is 3.09. The van der Waals surface area contributed by atoms with Gasteiger partial charge in [-0.2, -0.15) is 0 Å². The molecule has 21 heavy (non-hydrogen) atoms. The Balaban J connectivity index is 2.40. The van der Waals surface area contributed by atoms with Crippen molar-refractivity contribution >= 4 is 33.7 Å². The summed E-state index contributed by atoms with van der Waals surface area (Å²) in [4.78, 5) is 29.6. The van der Waals surface area contributed by atoms with Crippen LogP contribution in [-0.4, -0.2) is 23.7 Å². The van der Waals surface area contributed by atoms with Crippen molar-refractivity contribution in [2.24, 2.45) is 5.73 Å². The fraction of sp³-hybridized carbons (Fsp3) is 0.214. The number of rotatable bonds is 5. The maximum Gasteiger partial charge on any atom is 0.253 e. The Bertz CT molecular complexity index is 682. The monoisotopic (exact) mass is 304 g/mol. The Hall–Kier alpha value is -2.41. The maximum absolute atomic E-state index is 11.6. The first kappa shape index (κ1) is 15.0. The summed E-state index contributed by atoms with van der Waals surface area (Å²) in [5.41, 5.74) is 12.5. The average Bonchev–Trinajstić information content (AvgIpc) is 2.78. The number of aromatic nitrogens is 1. The lowest BCUT2D eigenvalue weighted by atomic mass is 10.2. The number of amides is 1. The van der Waals surface area contributed by atoms with Gasteiger partial charge < -0.3 is 16.4 Å². The van der Waals surface area contributed by atoms with Crippen LogP contribution in [-0.2, 0) is 6.54 Å². The molecule has 0 bridgehead atoms. The van der Waals surface area contributed by atoms with Crippen LogP contribution >= 0.6 is 11.3 Å². The number of anilines is 2. The third kappa shape index (κ3) is 3.03. The van der Waals surface area contributed by atoms with E-state index in [1.807, 2.05) is 23.1 Å². The van der Waals surface area contributed by atoms with Crippen molar-refractivity contribution in [2.45, 2.75) is 13.5 Å². The number of nitrogens with two attached hydrogens (primary N) is 2. The second-order valence-corrected chi connectivity index (χ2v) is 5.62. The van der Waals surface area contributed by atoms with E-state index in [0.717, 1.165) is 5.69 Å². The molecule has 0 aliphatic rings. The van der Waals surface area contributed by atoms with E-state index in [1.54, 1.807) is 13.2 Å². The zero-order valence-electron chi connectivity index (χ0n) is 11.8. The van der Waals surface area contributed by atoms with E-state index in [1.165, 1.54) is 18.3 Å². The minimum absolute atomic E-state index is 0.155. The van der Waals surface area contributed by atoms with Crippen LogP contribution in [0, 0.1) is 0 Å². The van der Waals surface area contributed by atoms with Crippen LogP contribution in [0.5, 0.6) is 0 Å². The molecule has 0 saturated heterocycles. The number of pyridine rings is 1. The molecule has 2 aromatic heterocycles. The van der Waals surface area contributed by atoms with Crippen molar-refractivity contribution in [3.63, 3.8) is 0 Å². The van der Waals surface area contributed by atoms with Crippen molar-refractivity contribution in [3.8, 4) is 0 Å². The van der Waals surface area contributed by atoms with E-state index in [2.05, 4.69) is 4.98 Å². The second-order valence-electron chi connectivity index (χ2n) is 4.62. The number of ketones is 1. The number of carbonyl (C=O) groups is 2. The first-order valence-corrected chi connectivity index (χ1v) is 7.07. The summed E-state index contributed by atoms with van der Waals surface area (Å²) >= 11 is 1.17. The zero-order chi connectivity index (χ0) is 15.6. The van der Waals surface area contributed by atoms with Gasteiger partial charge in [0.25, 0.3) is 5.91 Å². The molecule has 0 spiro atoms. The van der Waals surface area contributed by atoms with E-state index in [9.17, 15) is 9.59 Å². The molecule has 0 saturated carbocycles. The Kier molecular flexibility index (Phi) is 4.23. The fourth-order valence-electron chi connectivity index (χ4n) is 2.01. The first-order valence-electron chi connectivity index (χ1n) is 6.25. The number of hydrogen-bond donors (Lipinski definition) is 2. The standard InChI is InChI=1S/C14H16N4O2S/c1-8(19)12-11(15)10(13(16)20)14(21-12)18(2)7-9-5-3-4-6-17-9/h3-6H,7,15H2,1-2H3,(H2,16,20). The molecule has 7 heteroatoms. The number of nitrogens with zero attached hydrogens (tertiary/aromatic N) is 2. The van der Waals surface area contributed by atoms with E-state index in [0.29, 0.717) is 16.4 Å². The molecule has 0 aromatic carbocycles. The molecular weight excluding hydrogens is 288 g/mol. The Morgan fingerprint density at radius 3 is 2.62 bits per heavy atom. The molecule has 110 valence electrons. The van der Waals surface area contributed by atoms with Gasteiger partial charge in [-0.15, -0.1) is 11.3 Å². The minimum Gasteiger partial charge on any atom is -0.397 e. The van der Waals surface area contributed by atoms with Crippen LogP contribution in [0.25, 0.3) is 0 Å². The third-order valence-electron chi connectivity index (χ3n) is 2.96. The van der Waals surface area contributed by atoms with Gasteiger partial charge in [-0.1, -0.05) is 6.07 Å². The van der Waals surface area contributed by atoms with Gasteiger partial charge in [0.15, 0.2) is 5.78 Å². The Morgan fingerprint density at radius 2 is 2.10 bits per heavy atom. The smallest absolute Gasteiger partial charge is 0.253 e. The van der Waals surface area contributed by atoms with Gasteiger partial charge in [0, 0.05) is 20.2 Å². The molecule has 0 aliphatic heterocycles. The summed E-state index contributed by atoms with van der Waals surface area (Å²) in [6, 6.07) is 5.59. The number of Topliss-reactive ketones (excluding diaryl/α,β-unsaturated/α-hetero) is 1. The van der Waals surface area contributed by atoms with E-state index in [-0.39, 0.29) is 17.0 Å². The van der Waals surface area contributed by atoms with E-state index < -0.39 is 5.91 Å². The highest BCUT2D eigenvalue weighted by Gasteiger charge is 2.24. The molecule has 2 aromatic rings. The summed E-state index contributed by atoms with van der Waals surface area (Å²) in [6.07, 6.45) is 1.70. The summed E-state index contributed by atoms with van der Waals surface area (Å²) in [7, 11) is 1.80. The van der Waals surface area contributed by atoms with Crippen LogP contribution in [0.1, 0.15) is 32.6 Å². The summed E-state index contributed by atoms with van der Waals surface area (Å²) in [5, 5.41) is 0.579. The molecule has 0 fully saturated rings. The highest BCUT2D eigenvalue weighted by atomic mass is 32.1. The summed E-state index contributed by atoms with van der Waals surface area (Å²) in [6.45, 7) is 1.90. The molecule has 4 N–H and O–H groups in total. The van der Waals surface area contributed by atoms with Gasteiger partial charge in [0.1, 0.15) is 5.00 Å². The van der Waals surface area contributed by atoms with E-state index in [4.69, 9.17) is 11.5 Å². The number of thiophene rings is 1. The topological polar surface area (TPSA) is 102 Å². The number of nitrogen functional groups attached to an aromatic ring is 1. The van der Waals surface area contributed by atoms with Crippen LogP contribution in [0.2, 0.25) is 0 Å². The van der Waals surface area contributed by atoms with Gasteiger partial charge in [-0.05, 0) is 12.1 Å². The molecular formula is C14H16N4O2S. The third-order valence-corrected chi connectivity index (χ3v) is 4.39. The highest BCUT2D eigenvalue weighted by Crippen LogP contribution is 2.38. The van der Waals surface area contributed by atoms with Gasteiger partial charge in [-0.3, -0.25) is 14.6 Å². The van der Waals surface area contributed by atoms with Gasteiger partial charge in [0.2, 0.25) is 0 Å². The highest BCUT2D eigenvalue weighted by molar-refractivity contribution is 7.19. The SMILES string of the molecule is CC(=O)c1sc(N(C)Cc2ccccn2)c(C(N)=O)c1N. The van der Waals surface area contributed by atoms with Crippen molar-refractivity contribution in [1.82, 2.24) is 4.98 Å². The summed E-state index contributed by atoms with van der Waals surface area (Å²) < 4.78 is 0. The predicted octanol–water partition coefficient (Wildman–Crippen LogP) is 1.66. The predicted molar refractivity (Wildman–Crippen MR) is 83.6 cm³/mol. The van der Waals surface area contributed by atoms with Crippen LogP contribution in [0.4, 0.5) is 10.7 Å². The molecule has 0 radical (unpaired) electrons. The zero-order valence-corrected chi connectivity index (χ0v) is 12.6. The average molecular weight is 304 g/mol. The molecule has 2 heterocycles. The molecule has 1 amide bonds. The number of hydrogen-bond acceptors (Lipinski definition) is 6.